The van der Waals surface area contributed by atoms with E-state index in [1.54, 1.807) is 19.4 Å². The second kappa shape index (κ2) is 6.35. The fraction of sp³-hybridized carbons (Fsp3) is 0.312. The molecule has 21 heavy (non-hydrogen) atoms. The largest absolute Gasteiger partial charge is 0.507 e. The Hall–Kier alpha value is -2.43. The number of aromatic nitrogens is 1. The lowest BCUT2D eigenvalue weighted by Crippen LogP contribution is -2.11. The van der Waals surface area contributed by atoms with Crippen LogP contribution in [0.4, 0.5) is 11.5 Å². The molecule has 0 saturated carbocycles. The number of hydrogen-bond acceptors (Lipinski definition) is 5. The molecule has 0 bridgehead atoms. The minimum Gasteiger partial charge on any atom is -0.507 e. The van der Waals surface area contributed by atoms with Crippen molar-refractivity contribution in [3.8, 4) is 11.5 Å². The Balaban J connectivity index is 2.12. The SMILES string of the molecule is COc1ccc(C(C)Nc2ccc(N(C)C)nc2)c(O)c1. The third kappa shape index (κ3) is 3.56. The number of aromatic hydroxyl groups is 1. The zero-order chi connectivity index (χ0) is 15.4. The Morgan fingerprint density at radius 3 is 2.52 bits per heavy atom. The van der Waals surface area contributed by atoms with E-state index in [2.05, 4.69) is 10.3 Å². The van der Waals surface area contributed by atoms with E-state index < -0.39 is 0 Å². The summed E-state index contributed by atoms with van der Waals surface area (Å²) in [6, 6.07) is 9.18. The highest BCUT2D eigenvalue weighted by Crippen LogP contribution is 2.30. The van der Waals surface area contributed by atoms with E-state index >= 15 is 0 Å². The minimum absolute atomic E-state index is 0.0390. The number of benzene rings is 1. The number of anilines is 2. The predicted molar refractivity (Wildman–Crippen MR) is 85.3 cm³/mol. The van der Waals surface area contributed by atoms with Gasteiger partial charge in [-0.15, -0.1) is 0 Å². The van der Waals surface area contributed by atoms with Crippen LogP contribution in [0.1, 0.15) is 18.5 Å². The molecule has 0 saturated heterocycles. The van der Waals surface area contributed by atoms with Crippen molar-refractivity contribution in [2.45, 2.75) is 13.0 Å². The first kappa shape index (κ1) is 15.0. The Morgan fingerprint density at radius 1 is 1.24 bits per heavy atom. The van der Waals surface area contributed by atoms with Crippen molar-refractivity contribution in [1.82, 2.24) is 4.98 Å². The molecule has 0 aliphatic heterocycles. The first-order valence-electron chi connectivity index (χ1n) is 6.78. The van der Waals surface area contributed by atoms with Gasteiger partial charge >= 0.3 is 0 Å². The van der Waals surface area contributed by atoms with Gasteiger partial charge in [0, 0.05) is 25.7 Å². The summed E-state index contributed by atoms with van der Waals surface area (Å²) in [6.07, 6.45) is 1.78. The van der Waals surface area contributed by atoms with Crippen LogP contribution in [0.2, 0.25) is 0 Å². The Kier molecular flexibility index (Phi) is 4.52. The molecule has 1 aromatic heterocycles. The average Bonchev–Trinajstić information content (AvgIpc) is 2.47. The molecule has 112 valence electrons. The van der Waals surface area contributed by atoms with Crippen LogP contribution >= 0.6 is 0 Å². The van der Waals surface area contributed by atoms with Gasteiger partial charge in [0.2, 0.25) is 0 Å². The number of hydrogen-bond donors (Lipinski definition) is 2. The van der Waals surface area contributed by atoms with Gasteiger partial charge in [0.15, 0.2) is 0 Å². The maximum atomic E-state index is 10.0. The van der Waals surface area contributed by atoms with Gasteiger partial charge in [-0.05, 0) is 31.2 Å². The molecular weight excluding hydrogens is 266 g/mol. The van der Waals surface area contributed by atoms with E-state index in [9.17, 15) is 5.11 Å². The number of ether oxygens (including phenoxy) is 1. The van der Waals surface area contributed by atoms with Gasteiger partial charge in [-0.25, -0.2) is 4.98 Å². The Bertz CT molecular complexity index is 597. The number of nitrogens with one attached hydrogen (secondary N) is 1. The minimum atomic E-state index is -0.0390. The quantitative estimate of drug-likeness (QED) is 0.885. The van der Waals surface area contributed by atoms with Gasteiger partial charge in [0.1, 0.15) is 17.3 Å². The molecular formula is C16H21N3O2. The van der Waals surface area contributed by atoms with Crippen LogP contribution in [-0.4, -0.2) is 31.3 Å². The average molecular weight is 287 g/mol. The number of phenolic OH excluding ortho intramolecular Hbond substituents is 1. The molecule has 1 atom stereocenters. The third-order valence-corrected chi connectivity index (χ3v) is 3.29. The van der Waals surface area contributed by atoms with Crippen molar-refractivity contribution >= 4 is 11.5 Å². The molecule has 5 nitrogen and oxygen atoms in total. The van der Waals surface area contributed by atoms with Crippen molar-refractivity contribution in [2.24, 2.45) is 0 Å². The van der Waals surface area contributed by atoms with Crippen molar-refractivity contribution < 1.29 is 9.84 Å². The number of phenols is 1. The zero-order valence-corrected chi connectivity index (χ0v) is 12.8. The summed E-state index contributed by atoms with van der Waals surface area (Å²) in [5.41, 5.74) is 1.72. The van der Waals surface area contributed by atoms with Crippen LogP contribution in [0.15, 0.2) is 36.5 Å². The second-order valence-corrected chi connectivity index (χ2v) is 5.09. The highest BCUT2D eigenvalue weighted by Gasteiger charge is 2.11. The maximum absolute atomic E-state index is 10.0. The predicted octanol–water partition coefficient (Wildman–Crippen LogP) is 3.03. The molecule has 0 fully saturated rings. The molecule has 0 aliphatic rings. The molecule has 2 N–H and O–H groups in total. The molecule has 0 amide bonds. The van der Waals surface area contributed by atoms with Crippen molar-refractivity contribution in [2.75, 3.05) is 31.4 Å². The lowest BCUT2D eigenvalue weighted by atomic mass is 10.1. The smallest absolute Gasteiger partial charge is 0.128 e. The third-order valence-electron chi connectivity index (χ3n) is 3.29. The topological polar surface area (TPSA) is 57.6 Å². The van der Waals surface area contributed by atoms with E-state index in [1.807, 2.05) is 50.2 Å². The lowest BCUT2D eigenvalue weighted by molar-refractivity contribution is 0.406. The summed E-state index contributed by atoms with van der Waals surface area (Å²) in [5.74, 6) is 1.76. The zero-order valence-electron chi connectivity index (χ0n) is 12.8. The van der Waals surface area contributed by atoms with Crippen molar-refractivity contribution in [3.63, 3.8) is 0 Å². The van der Waals surface area contributed by atoms with Gasteiger partial charge in [-0.2, -0.15) is 0 Å². The van der Waals surface area contributed by atoms with E-state index in [4.69, 9.17) is 4.74 Å². The van der Waals surface area contributed by atoms with E-state index in [-0.39, 0.29) is 11.8 Å². The monoisotopic (exact) mass is 287 g/mol. The molecule has 2 rings (SSSR count). The maximum Gasteiger partial charge on any atom is 0.128 e. The van der Waals surface area contributed by atoms with Crippen LogP contribution in [0.3, 0.4) is 0 Å². The molecule has 5 heteroatoms. The van der Waals surface area contributed by atoms with Gasteiger partial charge in [-0.3, -0.25) is 0 Å². The highest BCUT2D eigenvalue weighted by molar-refractivity contribution is 5.51. The molecule has 1 unspecified atom stereocenters. The summed E-state index contributed by atoms with van der Waals surface area (Å²) < 4.78 is 5.09. The summed E-state index contributed by atoms with van der Waals surface area (Å²) in [4.78, 5) is 6.30. The van der Waals surface area contributed by atoms with Gasteiger partial charge < -0.3 is 20.1 Å². The number of nitrogens with zero attached hydrogens (tertiary/aromatic N) is 2. The molecule has 1 aromatic carbocycles. The van der Waals surface area contributed by atoms with E-state index in [0.717, 1.165) is 17.1 Å². The molecule has 2 aromatic rings. The fourth-order valence-corrected chi connectivity index (χ4v) is 2.08. The molecule has 0 spiro atoms. The number of rotatable bonds is 5. The van der Waals surface area contributed by atoms with Gasteiger partial charge in [0.25, 0.3) is 0 Å². The number of pyridine rings is 1. The van der Waals surface area contributed by atoms with Crippen molar-refractivity contribution in [1.29, 1.82) is 0 Å². The lowest BCUT2D eigenvalue weighted by Gasteiger charge is -2.18. The van der Waals surface area contributed by atoms with Crippen LogP contribution in [0.5, 0.6) is 11.5 Å². The number of methoxy groups -OCH3 is 1. The van der Waals surface area contributed by atoms with Gasteiger partial charge in [-0.1, -0.05) is 0 Å². The molecule has 0 aliphatic carbocycles. The van der Waals surface area contributed by atoms with Crippen LogP contribution in [0.25, 0.3) is 0 Å². The Morgan fingerprint density at radius 2 is 2.00 bits per heavy atom. The highest BCUT2D eigenvalue weighted by atomic mass is 16.5. The summed E-state index contributed by atoms with van der Waals surface area (Å²) in [6.45, 7) is 1.99. The van der Waals surface area contributed by atoms with Crippen LogP contribution in [-0.2, 0) is 0 Å². The standard InChI is InChI=1S/C16H21N3O2/c1-11(14-7-6-13(21-4)9-15(14)20)18-12-5-8-16(17-10-12)19(2)3/h5-11,18,20H,1-4H3. The summed E-state index contributed by atoms with van der Waals surface area (Å²) in [5, 5.41) is 13.4. The van der Waals surface area contributed by atoms with Crippen LogP contribution < -0.4 is 15.0 Å². The van der Waals surface area contributed by atoms with E-state index in [1.165, 1.54) is 0 Å². The van der Waals surface area contributed by atoms with Gasteiger partial charge in [0.05, 0.1) is 25.0 Å². The fourth-order valence-electron chi connectivity index (χ4n) is 2.08. The van der Waals surface area contributed by atoms with Crippen molar-refractivity contribution in [3.05, 3.63) is 42.1 Å². The summed E-state index contributed by atoms with van der Waals surface area (Å²) >= 11 is 0. The normalized spacial score (nSPS) is 11.8. The first-order valence-corrected chi connectivity index (χ1v) is 6.78. The van der Waals surface area contributed by atoms with Crippen LogP contribution in [0, 0.1) is 0 Å². The molecule has 1 heterocycles. The molecule has 0 radical (unpaired) electrons. The second-order valence-electron chi connectivity index (χ2n) is 5.09. The Labute approximate surface area is 125 Å². The first-order chi connectivity index (χ1) is 10.0. The van der Waals surface area contributed by atoms with E-state index in [0.29, 0.717) is 5.75 Å². The summed E-state index contributed by atoms with van der Waals surface area (Å²) in [7, 11) is 5.48.